The van der Waals surface area contributed by atoms with Crippen LogP contribution in [0.15, 0.2) is 30.3 Å². The molecule has 66 valence electrons. The average Bonchev–Trinajstić information content (AvgIpc) is 2.16. The van der Waals surface area contributed by atoms with Crippen molar-refractivity contribution >= 4 is 0 Å². The number of hydrogen-bond donors (Lipinski definition) is 2. The van der Waals surface area contributed by atoms with Crippen molar-refractivity contribution in [1.29, 1.82) is 0 Å². The van der Waals surface area contributed by atoms with Gasteiger partial charge in [-0.1, -0.05) is 37.3 Å². The molecule has 1 rings (SSSR count). The number of aliphatic hydroxyl groups is 1. The van der Waals surface area contributed by atoms with Crippen molar-refractivity contribution in [3.05, 3.63) is 35.9 Å². The monoisotopic (exact) mass is 165 g/mol. The predicted molar refractivity (Wildman–Crippen MR) is 49.6 cm³/mol. The summed E-state index contributed by atoms with van der Waals surface area (Å²) >= 11 is 0. The molecule has 0 spiro atoms. The number of rotatable bonds is 4. The van der Waals surface area contributed by atoms with Crippen molar-refractivity contribution in [2.24, 2.45) is 0 Å². The SMILES string of the molecule is CCC(O)NCc1ccccc1. The standard InChI is InChI=1S/C10H15NO/c1-2-10(12)11-8-9-6-4-3-5-7-9/h3-7,10-12H,2,8H2,1H3. The molecule has 2 nitrogen and oxygen atoms in total. The molecule has 0 bridgehead atoms. The summed E-state index contributed by atoms with van der Waals surface area (Å²) in [6.07, 6.45) is 0.359. The van der Waals surface area contributed by atoms with Gasteiger partial charge in [-0.15, -0.1) is 0 Å². The fraction of sp³-hybridized carbons (Fsp3) is 0.400. The summed E-state index contributed by atoms with van der Waals surface area (Å²) in [5.41, 5.74) is 1.20. The van der Waals surface area contributed by atoms with Crippen LogP contribution >= 0.6 is 0 Å². The molecule has 0 radical (unpaired) electrons. The summed E-state index contributed by atoms with van der Waals surface area (Å²) in [4.78, 5) is 0. The van der Waals surface area contributed by atoms with Crippen molar-refractivity contribution in [3.63, 3.8) is 0 Å². The van der Waals surface area contributed by atoms with Crippen LogP contribution in [0.4, 0.5) is 0 Å². The Morgan fingerprint density at radius 3 is 2.58 bits per heavy atom. The zero-order chi connectivity index (χ0) is 8.81. The Morgan fingerprint density at radius 1 is 1.33 bits per heavy atom. The number of aliphatic hydroxyl groups excluding tert-OH is 1. The predicted octanol–water partition coefficient (Wildman–Crippen LogP) is 1.50. The van der Waals surface area contributed by atoms with Crippen LogP contribution in [0.1, 0.15) is 18.9 Å². The quantitative estimate of drug-likeness (QED) is 0.663. The molecule has 0 heterocycles. The summed E-state index contributed by atoms with van der Waals surface area (Å²) in [5.74, 6) is 0. The Labute approximate surface area is 73.2 Å². The Hall–Kier alpha value is -0.860. The molecule has 0 fully saturated rings. The lowest BCUT2D eigenvalue weighted by molar-refractivity contribution is 0.131. The molecule has 12 heavy (non-hydrogen) atoms. The van der Waals surface area contributed by atoms with Crippen molar-refractivity contribution in [1.82, 2.24) is 5.32 Å². The highest BCUT2D eigenvalue weighted by Gasteiger charge is 1.97. The third-order valence-electron chi connectivity index (χ3n) is 1.77. The first kappa shape index (κ1) is 9.23. The summed E-state index contributed by atoms with van der Waals surface area (Å²) in [6.45, 7) is 2.68. The maximum atomic E-state index is 9.21. The highest BCUT2D eigenvalue weighted by Crippen LogP contribution is 1.98. The van der Waals surface area contributed by atoms with Gasteiger partial charge in [0.1, 0.15) is 6.23 Å². The Bertz CT molecular complexity index is 210. The molecular weight excluding hydrogens is 150 g/mol. The van der Waals surface area contributed by atoms with E-state index in [9.17, 15) is 5.11 Å². The van der Waals surface area contributed by atoms with Crippen LogP contribution in [0, 0.1) is 0 Å². The second-order valence-electron chi connectivity index (χ2n) is 2.79. The Morgan fingerprint density at radius 2 is 2.00 bits per heavy atom. The van der Waals surface area contributed by atoms with E-state index >= 15 is 0 Å². The van der Waals surface area contributed by atoms with Gasteiger partial charge in [0.05, 0.1) is 0 Å². The van der Waals surface area contributed by atoms with Gasteiger partial charge in [0.2, 0.25) is 0 Å². The smallest absolute Gasteiger partial charge is 0.104 e. The molecule has 0 saturated heterocycles. The lowest BCUT2D eigenvalue weighted by atomic mass is 10.2. The lowest BCUT2D eigenvalue weighted by Crippen LogP contribution is -2.27. The van der Waals surface area contributed by atoms with Crippen LogP contribution in [-0.2, 0) is 6.54 Å². The van der Waals surface area contributed by atoms with Crippen LogP contribution in [0.5, 0.6) is 0 Å². The summed E-state index contributed by atoms with van der Waals surface area (Å²) in [7, 11) is 0. The average molecular weight is 165 g/mol. The van der Waals surface area contributed by atoms with Gasteiger partial charge in [0.25, 0.3) is 0 Å². The first-order valence-electron chi connectivity index (χ1n) is 4.28. The number of nitrogens with one attached hydrogen (secondary N) is 1. The molecule has 1 aromatic carbocycles. The van der Waals surface area contributed by atoms with E-state index in [2.05, 4.69) is 5.32 Å². The van der Waals surface area contributed by atoms with Gasteiger partial charge in [-0.25, -0.2) is 0 Å². The van der Waals surface area contributed by atoms with Crippen molar-refractivity contribution in [3.8, 4) is 0 Å². The van der Waals surface area contributed by atoms with E-state index in [4.69, 9.17) is 0 Å². The van der Waals surface area contributed by atoms with E-state index in [1.54, 1.807) is 0 Å². The summed E-state index contributed by atoms with van der Waals surface area (Å²) < 4.78 is 0. The molecule has 0 aliphatic rings. The largest absolute Gasteiger partial charge is 0.379 e. The fourth-order valence-electron chi connectivity index (χ4n) is 0.976. The molecule has 0 amide bonds. The first-order valence-corrected chi connectivity index (χ1v) is 4.28. The van der Waals surface area contributed by atoms with Crippen LogP contribution < -0.4 is 5.32 Å². The minimum absolute atomic E-state index is 0.384. The van der Waals surface area contributed by atoms with E-state index < -0.39 is 0 Å². The van der Waals surface area contributed by atoms with Crippen molar-refractivity contribution < 1.29 is 5.11 Å². The Balaban J connectivity index is 2.33. The second kappa shape index (κ2) is 4.91. The maximum absolute atomic E-state index is 9.21. The molecule has 2 N–H and O–H groups in total. The minimum atomic E-state index is -0.384. The van der Waals surface area contributed by atoms with Gasteiger partial charge in [0, 0.05) is 6.54 Å². The zero-order valence-corrected chi connectivity index (χ0v) is 7.33. The normalized spacial score (nSPS) is 12.8. The van der Waals surface area contributed by atoms with E-state index in [1.807, 2.05) is 37.3 Å². The van der Waals surface area contributed by atoms with Crippen LogP contribution in [0.3, 0.4) is 0 Å². The number of benzene rings is 1. The van der Waals surface area contributed by atoms with E-state index in [0.29, 0.717) is 0 Å². The lowest BCUT2D eigenvalue weighted by Gasteiger charge is -2.09. The fourth-order valence-corrected chi connectivity index (χ4v) is 0.976. The zero-order valence-electron chi connectivity index (χ0n) is 7.33. The van der Waals surface area contributed by atoms with Gasteiger partial charge in [-0.3, -0.25) is 5.32 Å². The van der Waals surface area contributed by atoms with Gasteiger partial charge < -0.3 is 5.11 Å². The third kappa shape index (κ3) is 3.03. The van der Waals surface area contributed by atoms with E-state index in [0.717, 1.165) is 13.0 Å². The summed E-state index contributed by atoms with van der Waals surface area (Å²) in [6, 6.07) is 10.1. The molecule has 1 atom stereocenters. The minimum Gasteiger partial charge on any atom is -0.379 e. The van der Waals surface area contributed by atoms with E-state index in [1.165, 1.54) is 5.56 Å². The van der Waals surface area contributed by atoms with Gasteiger partial charge >= 0.3 is 0 Å². The van der Waals surface area contributed by atoms with E-state index in [-0.39, 0.29) is 6.23 Å². The Kier molecular flexibility index (Phi) is 3.77. The van der Waals surface area contributed by atoms with Crippen molar-refractivity contribution in [2.75, 3.05) is 0 Å². The highest BCUT2D eigenvalue weighted by atomic mass is 16.3. The molecule has 1 aromatic rings. The van der Waals surface area contributed by atoms with Crippen molar-refractivity contribution in [2.45, 2.75) is 26.1 Å². The molecule has 0 aliphatic heterocycles. The topological polar surface area (TPSA) is 32.3 Å². The molecule has 1 unspecified atom stereocenters. The maximum Gasteiger partial charge on any atom is 0.104 e. The highest BCUT2D eigenvalue weighted by molar-refractivity contribution is 5.14. The van der Waals surface area contributed by atoms with Crippen LogP contribution in [-0.4, -0.2) is 11.3 Å². The number of hydrogen-bond acceptors (Lipinski definition) is 2. The van der Waals surface area contributed by atoms with Gasteiger partial charge in [0.15, 0.2) is 0 Å². The first-order chi connectivity index (χ1) is 5.83. The molecule has 2 heteroatoms. The molecule has 0 aliphatic carbocycles. The second-order valence-corrected chi connectivity index (χ2v) is 2.79. The van der Waals surface area contributed by atoms with Gasteiger partial charge in [-0.2, -0.15) is 0 Å². The third-order valence-corrected chi connectivity index (χ3v) is 1.77. The van der Waals surface area contributed by atoms with Crippen LogP contribution in [0.2, 0.25) is 0 Å². The molecular formula is C10H15NO. The molecule has 0 saturated carbocycles. The summed E-state index contributed by atoms with van der Waals surface area (Å²) in [5, 5.41) is 12.2. The molecule has 0 aromatic heterocycles. The van der Waals surface area contributed by atoms with Crippen LogP contribution in [0.25, 0.3) is 0 Å². The van der Waals surface area contributed by atoms with Gasteiger partial charge in [-0.05, 0) is 12.0 Å².